The molecule has 0 aliphatic carbocycles. The monoisotopic (exact) mass is 1040 g/mol. The van der Waals surface area contributed by atoms with E-state index >= 15 is 0 Å². The predicted molar refractivity (Wildman–Crippen MR) is 259 cm³/mol. The zero-order chi connectivity index (χ0) is 55.2. The molecule has 1 aliphatic rings. The summed E-state index contributed by atoms with van der Waals surface area (Å²) in [4.78, 5) is 162. The highest BCUT2D eigenvalue weighted by Crippen LogP contribution is 2.23. The van der Waals surface area contributed by atoms with Gasteiger partial charge in [-0.1, -0.05) is 32.0 Å². The molecule has 0 unspecified atom stereocenters. The molecule has 3 rings (SSSR count). The summed E-state index contributed by atoms with van der Waals surface area (Å²) in [5.74, 6) is -13.8. The molecule has 29 heteroatoms. The third-order valence-corrected chi connectivity index (χ3v) is 11.3. The van der Waals surface area contributed by atoms with Crippen molar-refractivity contribution in [3.63, 3.8) is 0 Å². The van der Waals surface area contributed by atoms with Crippen LogP contribution in [-0.2, 0) is 64.0 Å². The second kappa shape index (κ2) is 29.2. The number of amides is 8. The number of carbonyl (C=O) groups excluding carboxylic acids is 8. The van der Waals surface area contributed by atoms with Crippen molar-refractivity contribution in [2.45, 2.75) is 120 Å². The number of H-pyrrole nitrogens is 1. The van der Waals surface area contributed by atoms with Crippen LogP contribution in [0.2, 0.25) is 0 Å². The summed E-state index contributed by atoms with van der Waals surface area (Å²) in [6.07, 6.45) is -0.974. The Morgan fingerprint density at radius 2 is 1.31 bits per heavy atom. The number of nitrogens with zero attached hydrogens (tertiary/aromatic N) is 2. The third kappa shape index (κ3) is 20.0. The fourth-order valence-electron chi connectivity index (χ4n) is 7.81. The molecule has 18 N–H and O–H groups in total. The first-order chi connectivity index (χ1) is 34.9. The Balaban J connectivity index is 1.88. The fourth-order valence-corrected chi connectivity index (χ4v) is 7.81. The van der Waals surface area contributed by atoms with Crippen LogP contribution in [0.25, 0.3) is 10.9 Å². The Hall–Kier alpha value is -8.37. The molecular weight excluding hydrogens is 979 g/mol. The van der Waals surface area contributed by atoms with Gasteiger partial charge in [-0.3, -0.25) is 62.5 Å². The number of likely N-dealkylation sites (tertiary alicyclic amines) is 1. The molecule has 2 heterocycles. The molecule has 2 aromatic rings. The molecule has 0 saturated carbocycles. The molecule has 1 aliphatic heterocycles. The molecule has 0 radical (unpaired) electrons. The Morgan fingerprint density at radius 3 is 1.95 bits per heavy atom. The Morgan fingerprint density at radius 1 is 0.703 bits per heavy atom. The molecule has 7 atom stereocenters. The Bertz CT molecular complexity index is 2420. The van der Waals surface area contributed by atoms with E-state index in [1.54, 1.807) is 44.3 Å². The van der Waals surface area contributed by atoms with Crippen LogP contribution < -0.4 is 54.4 Å². The minimum absolute atomic E-state index is 0.00580. The first-order valence-electron chi connectivity index (χ1n) is 23.5. The molecule has 1 saturated heterocycles. The number of carboxylic acid groups (broad SMARTS) is 4. The van der Waals surface area contributed by atoms with Gasteiger partial charge in [0.2, 0.25) is 47.3 Å². The van der Waals surface area contributed by atoms with Crippen molar-refractivity contribution in [2.24, 2.45) is 28.1 Å². The molecular formula is C45H65N13O16. The first kappa shape index (κ1) is 59.9. The largest absolute Gasteiger partial charge is 0.481 e. The summed E-state index contributed by atoms with van der Waals surface area (Å²) in [6.45, 7) is 1.79. The van der Waals surface area contributed by atoms with Gasteiger partial charge in [0.1, 0.15) is 42.8 Å². The normalized spacial score (nSPS) is 15.5. The molecule has 0 bridgehead atoms. The molecule has 0 spiro atoms. The van der Waals surface area contributed by atoms with Crippen LogP contribution in [-0.4, -0.2) is 176 Å². The van der Waals surface area contributed by atoms with Gasteiger partial charge in [0.15, 0.2) is 5.96 Å². The smallest absolute Gasteiger partial charge is 0.322 e. The zero-order valence-electron chi connectivity index (χ0n) is 40.7. The number of aliphatic imine (C=N–C) groups is 1. The number of guanidine groups is 1. The average molecular weight is 1040 g/mol. The van der Waals surface area contributed by atoms with Crippen molar-refractivity contribution in [2.75, 3.05) is 26.2 Å². The van der Waals surface area contributed by atoms with E-state index in [0.717, 1.165) is 0 Å². The maximum Gasteiger partial charge on any atom is 0.322 e. The lowest BCUT2D eigenvalue weighted by Gasteiger charge is -2.31. The van der Waals surface area contributed by atoms with Gasteiger partial charge in [0.25, 0.3) is 0 Å². The second-order valence-corrected chi connectivity index (χ2v) is 17.8. The Labute approximate surface area is 422 Å². The van der Waals surface area contributed by atoms with E-state index in [-0.39, 0.29) is 63.5 Å². The number of fused-ring (bicyclic) bond motifs is 1. The number of para-hydroxylation sites is 1. The third-order valence-electron chi connectivity index (χ3n) is 11.3. The predicted octanol–water partition coefficient (Wildman–Crippen LogP) is -4.32. The van der Waals surface area contributed by atoms with Crippen LogP contribution in [0.1, 0.15) is 77.2 Å². The number of aliphatic carboxylic acids is 4. The standard InChI is InChI=1S/C45H65N13O16/c1-22(2)15-31(44(74)58-14-6-10-32(58)43(73)55-28(11-12-34(60)61)39(69)51-20-33(59)53-30(18-36(64)65)40(70)52-21-37(66)67)57-42(72)29(16-23-19-50-26-8-4-3-7-24(23)26)56-41(71)27(9-5-13-49-45(47)48)54-38(68)25(46)17-35(62)63/h3-4,7-8,19,22,25,27-32,50H,5-6,9-18,20-21,46H2,1-2H3,(H,51,69)(H,52,70)(H,53,59)(H,54,68)(H,55,73)(H,56,71)(H,57,72)(H,60,61)(H,62,63)(H,64,65)(H,66,67)(H4,47,48,49)/t25-,27-,28-,29-,30-,31-,32-/m0/s1. The maximum absolute atomic E-state index is 14.5. The first-order valence-corrected chi connectivity index (χ1v) is 23.5. The van der Waals surface area contributed by atoms with Crippen molar-refractivity contribution >= 4 is 88.0 Å². The highest BCUT2D eigenvalue weighted by atomic mass is 16.4. The second-order valence-electron chi connectivity index (χ2n) is 17.8. The summed E-state index contributed by atoms with van der Waals surface area (Å²) in [5, 5.41) is 53.8. The number of carboxylic acids is 4. The number of carbonyl (C=O) groups is 12. The highest BCUT2D eigenvalue weighted by Gasteiger charge is 2.40. The van der Waals surface area contributed by atoms with Gasteiger partial charge in [-0.05, 0) is 56.1 Å². The van der Waals surface area contributed by atoms with E-state index in [1.807, 2.05) is 5.32 Å². The van der Waals surface area contributed by atoms with Crippen LogP contribution in [0.3, 0.4) is 0 Å². The number of nitrogens with one attached hydrogen (secondary N) is 8. The van der Waals surface area contributed by atoms with Crippen LogP contribution in [0.4, 0.5) is 0 Å². The van der Waals surface area contributed by atoms with Crippen LogP contribution >= 0.6 is 0 Å². The van der Waals surface area contributed by atoms with Crippen LogP contribution in [0.15, 0.2) is 35.5 Å². The number of aromatic nitrogens is 1. The number of benzene rings is 1. The lowest BCUT2D eigenvalue weighted by molar-refractivity contribution is -0.143. The van der Waals surface area contributed by atoms with Gasteiger partial charge in [0, 0.05) is 43.0 Å². The SMILES string of the molecule is CC(C)C[C@H](NC(=O)[C@H](Cc1c[nH]c2ccccc12)NC(=O)[C@H](CCCN=C(N)N)NC(=O)[C@@H](N)CC(=O)O)C(=O)N1CCC[C@H]1C(=O)N[C@@H](CCC(=O)O)C(=O)NCC(=O)N[C@@H](CC(=O)O)C(=O)NCC(=O)O. The van der Waals surface area contributed by atoms with Gasteiger partial charge in [-0.25, -0.2) is 0 Å². The lowest BCUT2D eigenvalue weighted by atomic mass is 9.99. The van der Waals surface area contributed by atoms with E-state index in [9.17, 15) is 72.9 Å². The van der Waals surface area contributed by atoms with Crippen molar-refractivity contribution in [3.05, 3.63) is 36.0 Å². The molecule has 1 fully saturated rings. The summed E-state index contributed by atoms with van der Waals surface area (Å²) in [7, 11) is 0. The highest BCUT2D eigenvalue weighted by molar-refractivity contribution is 5.99. The van der Waals surface area contributed by atoms with Gasteiger partial charge < -0.3 is 84.7 Å². The van der Waals surface area contributed by atoms with E-state index in [2.05, 4.69) is 41.9 Å². The van der Waals surface area contributed by atoms with Crippen LogP contribution in [0.5, 0.6) is 0 Å². The topological polar surface area (TPSA) is 479 Å². The van der Waals surface area contributed by atoms with Gasteiger partial charge in [-0.2, -0.15) is 0 Å². The molecule has 1 aromatic heterocycles. The molecule has 29 nitrogen and oxygen atoms in total. The van der Waals surface area contributed by atoms with Gasteiger partial charge in [-0.15, -0.1) is 0 Å². The number of nitrogens with two attached hydrogens (primary N) is 3. The summed E-state index contributed by atoms with van der Waals surface area (Å²) >= 11 is 0. The number of hydrogen-bond donors (Lipinski definition) is 15. The Kier molecular flexibility index (Phi) is 23.7. The van der Waals surface area contributed by atoms with E-state index in [0.29, 0.717) is 16.5 Å². The van der Waals surface area contributed by atoms with E-state index in [4.69, 9.17) is 22.3 Å². The average Bonchev–Trinajstić information content (AvgIpc) is 3.98. The summed E-state index contributed by atoms with van der Waals surface area (Å²) < 4.78 is 0. The van der Waals surface area contributed by atoms with Crippen molar-refractivity contribution in [3.8, 4) is 0 Å². The van der Waals surface area contributed by atoms with Gasteiger partial charge in [0.05, 0.1) is 25.4 Å². The van der Waals surface area contributed by atoms with E-state index < -0.39 is 152 Å². The quantitative estimate of drug-likeness (QED) is 0.0193. The number of aromatic amines is 1. The zero-order valence-corrected chi connectivity index (χ0v) is 40.7. The molecule has 74 heavy (non-hydrogen) atoms. The minimum Gasteiger partial charge on any atom is -0.481 e. The lowest BCUT2D eigenvalue weighted by Crippen LogP contribution is -2.60. The van der Waals surface area contributed by atoms with E-state index in [1.165, 1.54) is 4.90 Å². The van der Waals surface area contributed by atoms with Crippen molar-refractivity contribution in [1.29, 1.82) is 0 Å². The molecule has 1 aromatic carbocycles. The minimum atomic E-state index is -1.75. The maximum atomic E-state index is 14.5. The van der Waals surface area contributed by atoms with Crippen LogP contribution in [0, 0.1) is 5.92 Å². The number of hydrogen-bond acceptors (Lipinski definition) is 14. The van der Waals surface area contributed by atoms with Crippen molar-refractivity contribution < 1.29 is 78.0 Å². The van der Waals surface area contributed by atoms with Crippen molar-refractivity contribution in [1.82, 2.24) is 47.1 Å². The summed E-state index contributed by atoms with van der Waals surface area (Å²) in [6, 6.07) is -3.18. The fraction of sp³-hybridized carbons (Fsp3) is 0.533. The molecule has 406 valence electrons. The summed E-state index contributed by atoms with van der Waals surface area (Å²) in [5.41, 5.74) is 17.9. The van der Waals surface area contributed by atoms with Gasteiger partial charge >= 0.3 is 23.9 Å². The number of rotatable bonds is 31. The molecule has 8 amide bonds.